The molecule has 0 spiro atoms. The van der Waals surface area contributed by atoms with Crippen molar-refractivity contribution in [1.82, 2.24) is 0 Å². The van der Waals surface area contributed by atoms with Crippen LogP contribution in [0.1, 0.15) is 11.1 Å². The zero-order valence-electron chi connectivity index (χ0n) is 13.0. The lowest BCUT2D eigenvalue weighted by Gasteiger charge is -2.18. The second-order valence-electron chi connectivity index (χ2n) is 5.37. The number of aldehydes is 1. The number of aliphatic hydroxyl groups excluding tert-OH is 1. The van der Waals surface area contributed by atoms with E-state index in [0.29, 0.717) is 13.2 Å². The first-order chi connectivity index (χ1) is 11.3. The van der Waals surface area contributed by atoms with Crippen LogP contribution in [0.2, 0.25) is 0 Å². The molecule has 2 rings (SSSR count). The molecule has 0 amide bonds. The van der Waals surface area contributed by atoms with Crippen molar-refractivity contribution >= 4 is 6.29 Å². The summed E-state index contributed by atoms with van der Waals surface area (Å²) < 4.78 is 11.0. The number of aliphatic hydroxyl groups is 1. The predicted molar refractivity (Wildman–Crippen MR) is 87.8 cm³/mol. The summed E-state index contributed by atoms with van der Waals surface area (Å²) in [6.07, 6.45) is -0.145. The molecule has 0 aliphatic rings. The molecule has 4 nitrogen and oxygen atoms in total. The molecule has 122 valence electrons. The van der Waals surface area contributed by atoms with Gasteiger partial charge in [0.25, 0.3) is 0 Å². The average molecular weight is 314 g/mol. The highest BCUT2D eigenvalue weighted by Gasteiger charge is 2.19. The van der Waals surface area contributed by atoms with Crippen LogP contribution in [0.4, 0.5) is 0 Å². The van der Waals surface area contributed by atoms with Crippen LogP contribution in [-0.2, 0) is 27.5 Å². The Morgan fingerprint density at radius 2 is 1.30 bits per heavy atom. The van der Waals surface area contributed by atoms with Gasteiger partial charge in [-0.3, -0.25) is 0 Å². The third kappa shape index (κ3) is 6.32. The lowest BCUT2D eigenvalue weighted by atomic mass is 10.1. The van der Waals surface area contributed by atoms with Crippen molar-refractivity contribution in [2.24, 2.45) is 5.92 Å². The maximum Gasteiger partial charge on any atom is 0.128 e. The molecular weight excluding hydrogens is 292 g/mol. The minimum Gasteiger partial charge on any atom is -0.390 e. The number of carbonyl (C=O) groups is 1. The molecule has 0 bridgehead atoms. The van der Waals surface area contributed by atoms with Gasteiger partial charge >= 0.3 is 0 Å². The van der Waals surface area contributed by atoms with E-state index >= 15 is 0 Å². The predicted octanol–water partition coefficient (Wildman–Crippen LogP) is 2.60. The van der Waals surface area contributed by atoms with Crippen molar-refractivity contribution in [2.75, 3.05) is 13.2 Å². The molecule has 0 saturated carbocycles. The molecule has 0 aliphatic carbocycles. The van der Waals surface area contributed by atoms with E-state index in [0.717, 1.165) is 17.4 Å². The Balaban J connectivity index is 1.68. The second kappa shape index (κ2) is 9.90. The van der Waals surface area contributed by atoms with Crippen LogP contribution >= 0.6 is 0 Å². The molecule has 4 heteroatoms. The molecular formula is C19H22O4. The topological polar surface area (TPSA) is 55.8 Å². The molecule has 2 aromatic rings. The van der Waals surface area contributed by atoms with Gasteiger partial charge in [0.1, 0.15) is 6.29 Å². The Kier molecular flexibility index (Phi) is 7.46. The fourth-order valence-electron chi connectivity index (χ4n) is 2.12. The summed E-state index contributed by atoms with van der Waals surface area (Å²) in [7, 11) is 0. The zero-order chi connectivity index (χ0) is 16.3. The number of carbonyl (C=O) groups excluding carboxylic acids is 1. The van der Waals surface area contributed by atoms with Gasteiger partial charge in [-0.05, 0) is 11.1 Å². The van der Waals surface area contributed by atoms with Crippen molar-refractivity contribution in [2.45, 2.75) is 19.3 Å². The lowest BCUT2D eigenvalue weighted by molar-refractivity contribution is -0.119. The maximum atomic E-state index is 11.1. The number of hydrogen-bond acceptors (Lipinski definition) is 4. The van der Waals surface area contributed by atoms with Gasteiger partial charge in [-0.2, -0.15) is 0 Å². The summed E-state index contributed by atoms with van der Waals surface area (Å²) >= 11 is 0. The van der Waals surface area contributed by atoms with E-state index in [-0.39, 0.29) is 13.2 Å². The van der Waals surface area contributed by atoms with Crippen molar-refractivity contribution in [3.63, 3.8) is 0 Å². The largest absolute Gasteiger partial charge is 0.390 e. The third-order valence-corrected chi connectivity index (χ3v) is 3.49. The van der Waals surface area contributed by atoms with Gasteiger partial charge in [0, 0.05) is 0 Å². The van der Waals surface area contributed by atoms with E-state index in [1.165, 1.54) is 0 Å². The summed E-state index contributed by atoms with van der Waals surface area (Å²) in [5.74, 6) is -0.588. The van der Waals surface area contributed by atoms with Crippen molar-refractivity contribution in [1.29, 1.82) is 0 Å². The van der Waals surface area contributed by atoms with Crippen LogP contribution in [0.5, 0.6) is 0 Å². The van der Waals surface area contributed by atoms with E-state index in [1.54, 1.807) is 0 Å². The zero-order valence-corrected chi connectivity index (χ0v) is 13.0. The van der Waals surface area contributed by atoms with Crippen molar-refractivity contribution in [3.05, 3.63) is 71.8 Å². The van der Waals surface area contributed by atoms with Gasteiger partial charge < -0.3 is 19.4 Å². The van der Waals surface area contributed by atoms with Gasteiger partial charge in [-0.1, -0.05) is 60.7 Å². The van der Waals surface area contributed by atoms with Crippen LogP contribution in [-0.4, -0.2) is 30.7 Å². The molecule has 23 heavy (non-hydrogen) atoms. The van der Waals surface area contributed by atoms with E-state index in [2.05, 4.69) is 0 Å². The highest BCUT2D eigenvalue weighted by molar-refractivity contribution is 5.54. The number of hydrogen-bond donors (Lipinski definition) is 1. The van der Waals surface area contributed by atoms with Gasteiger partial charge in [0.05, 0.1) is 38.4 Å². The molecule has 0 radical (unpaired) electrons. The highest BCUT2D eigenvalue weighted by Crippen LogP contribution is 2.08. The third-order valence-electron chi connectivity index (χ3n) is 3.49. The lowest BCUT2D eigenvalue weighted by Crippen LogP contribution is -2.30. The molecule has 0 aromatic heterocycles. The number of ether oxygens (including phenoxy) is 2. The summed E-state index contributed by atoms with van der Waals surface area (Å²) in [5.41, 5.74) is 2.06. The molecule has 2 aromatic carbocycles. The first-order valence-electron chi connectivity index (χ1n) is 7.66. The van der Waals surface area contributed by atoms with Gasteiger partial charge in [0.2, 0.25) is 0 Å². The average Bonchev–Trinajstić information content (AvgIpc) is 2.60. The minimum atomic E-state index is -0.869. The molecule has 0 aliphatic heterocycles. The molecule has 2 unspecified atom stereocenters. The van der Waals surface area contributed by atoms with Gasteiger partial charge in [-0.15, -0.1) is 0 Å². The monoisotopic (exact) mass is 314 g/mol. The van der Waals surface area contributed by atoms with E-state index in [9.17, 15) is 9.90 Å². The molecule has 2 atom stereocenters. The minimum absolute atomic E-state index is 0.104. The van der Waals surface area contributed by atoms with E-state index in [1.807, 2.05) is 60.7 Å². The van der Waals surface area contributed by atoms with Crippen LogP contribution < -0.4 is 0 Å². The first kappa shape index (κ1) is 17.3. The highest BCUT2D eigenvalue weighted by atomic mass is 16.5. The summed E-state index contributed by atoms with van der Waals surface area (Å²) in [5, 5.41) is 10.0. The second-order valence-corrected chi connectivity index (χ2v) is 5.37. The SMILES string of the molecule is O=CC(COCc1ccccc1)C(O)COCc1ccccc1. The van der Waals surface area contributed by atoms with Crippen LogP contribution in [0.3, 0.4) is 0 Å². The summed E-state index contributed by atoms with van der Waals surface area (Å²) in [4.78, 5) is 11.1. The standard InChI is InChI=1S/C19H22O4/c20-11-18(14-22-12-16-7-3-1-4-8-16)19(21)15-23-13-17-9-5-2-6-10-17/h1-11,18-19,21H,12-15H2. The van der Waals surface area contributed by atoms with E-state index < -0.39 is 12.0 Å². The smallest absolute Gasteiger partial charge is 0.128 e. The van der Waals surface area contributed by atoms with Crippen molar-refractivity contribution in [3.8, 4) is 0 Å². The fraction of sp³-hybridized carbons (Fsp3) is 0.316. The summed E-state index contributed by atoms with van der Waals surface area (Å²) in [6, 6.07) is 19.4. The quantitative estimate of drug-likeness (QED) is 0.685. The number of rotatable bonds is 10. The molecule has 0 fully saturated rings. The van der Waals surface area contributed by atoms with Crippen LogP contribution in [0.15, 0.2) is 60.7 Å². The Morgan fingerprint density at radius 3 is 1.78 bits per heavy atom. The fourth-order valence-corrected chi connectivity index (χ4v) is 2.12. The normalized spacial score (nSPS) is 13.4. The Bertz CT molecular complexity index is 556. The molecule has 1 N–H and O–H groups in total. The van der Waals surface area contributed by atoms with Crippen molar-refractivity contribution < 1.29 is 19.4 Å². The maximum absolute atomic E-state index is 11.1. The van der Waals surface area contributed by atoms with Crippen LogP contribution in [0.25, 0.3) is 0 Å². The summed E-state index contributed by atoms with van der Waals surface area (Å²) in [6.45, 7) is 1.11. The Hall–Kier alpha value is -2.01. The number of benzene rings is 2. The van der Waals surface area contributed by atoms with E-state index in [4.69, 9.17) is 9.47 Å². The van der Waals surface area contributed by atoms with Gasteiger partial charge in [0.15, 0.2) is 0 Å². The molecule has 0 saturated heterocycles. The Morgan fingerprint density at radius 1 is 0.826 bits per heavy atom. The molecule has 0 heterocycles. The van der Waals surface area contributed by atoms with Crippen LogP contribution in [0, 0.1) is 5.92 Å². The Labute approximate surface area is 136 Å². The first-order valence-corrected chi connectivity index (χ1v) is 7.66. The van der Waals surface area contributed by atoms with Gasteiger partial charge in [-0.25, -0.2) is 0 Å².